The van der Waals surface area contributed by atoms with Crippen molar-refractivity contribution in [3.8, 4) is 11.5 Å². The summed E-state index contributed by atoms with van der Waals surface area (Å²) in [6.45, 7) is 1.91. The lowest BCUT2D eigenvalue weighted by molar-refractivity contribution is -0.0418. The van der Waals surface area contributed by atoms with E-state index in [1.54, 1.807) is 14.2 Å². The summed E-state index contributed by atoms with van der Waals surface area (Å²) in [5.41, 5.74) is 5.36. The van der Waals surface area contributed by atoms with Crippen molar-refractivity contribution in [1.82, 2.24) is 10.2 Å². The predicted octanol–water partition coefficient (Wildman–Crippen LogP) is 6.10. The lowest BCUT2D eigenvalue weighted by Gasteiger charge is -2.58. The monoisotopic (exact) mass is 738 g/mol. The van der Waals surface area contributed by atoms with Crippen LogP contribution in [0.5, 0.6) is 11.5 Å². The van der Waals surface area contributed by atoms with E-state index in [2.05, 4.69) is 107 Å². The zero-order valence-corrected chi connectivity index (χ0v) is 31.3. The normalized spacial score (nSPS) is 21.1. The van der Waals surface area contributed by atoms with E-state index in [4.69, 9.17) is 18.6 Å². The molecule has 0 aromatic heterocycles. The number of nitrogens with zero attached hydrogens (tertiary/aromatic N) is 1. The summed E-state index contributed by atoms with van der Waals surface area (Å²) in [6.07, 6.45) is 6.24. The molecule has 0 saturated carbocycles. The standard InChI is InChI=1S/C37H42N2O2.2CH4O3S/c1-40-33-20-21-34(41-2)31(25-33)26-38-36-30-22-23-39(32(24-30)19-18-27-12-6-3-7-13-27)37(36)35(28-14-8-4-9-15-28)29-16-10-5-11-17-29;2*1-5(2,3)4/h3-17,20-21,25,30,32,35-38H,18-19,22-24,26H2,1-2H3;2*1H3,(H,2,3,4)/t30-,32+,36-,37-;;/m1../s1. The Kier molecular flexibility index (Phi) is 14.6. The first-order valence-corrected chi connectivity index (χ1v) is 20.6. The molecule has 5 atom stereocenters. The number of ether oxygens (including phenoxy) is 2. The Labute approximate surface area is 303 Å². The van der Waals surface area contributed by atoms with Crippen LogP contribution in [0.15, 0.2) is 109 Å². The van der Waals surface area contributed by atoms with E-state index >= 15 is 0 Å². The highest BCUT2D eigenvalue weighted by molar-refractivity contribution is 7.85. The van der Waals surface area contributed by atoms with E-state index in [1.807, 2.05) is 12.1 Å². The van der Waals surface area contributed by atoms with E-state index in [-0.39, 0.29) is 5.92 Å². The Morgan fingerprint density at radius 1 is 0.784 bits per heavy atom. The van der Waals surface area contributed by atoms with Crippen molar-refractivity contribution in [2.45, 2.75) is 56.3 Å². The van der Waals surface area contributed by atoms with Crippen molar-refractivity contribution < 1.29 is 35.4 Å². The van der Waals surface area contributed by atoms with Gasteiger partial charge in [0.25, 0.3) is 20.2 Å². The van der Waals surface area contributed by atoms with Gasteiger partial charge in [-0.1, -0.05) is 91.0 Å². The Balaban J connectivity index is 0.000000516. The lowest BCUT2D eigenvalue weighted by atomic mass is 9.67. The number of fused-ring (bicyclic) bond motifs is 3. The predicted molar refractivity (Wildman–Crippen MR) is 202 cm³/mol. The van der Waals surface area contributed by atoms with Crippen molar-refractivity contribution in [2.24, 2.45) is 5.92 Å². The van der Waals surface area contributed by atoms with Gasteiger partial charge in [-0.3, -0.25) is 14.0 Å². The summed E-state index contributed by atoms with van der Waals surface area (Å²) in [6, 6.07) is 40.7. The Hall–Kier alpha value is -3.78. The maximum absolute atomic E-state index is 9.19. The number of hydrogen-bond donors (Lipinski definition) is 3. The topological polar surface area (TPSA) is 142 Å². The van der Waals surface area contributed by atoms with Gasteiger partial charge in [0.15, 0.2) is 0 Å². The van der Waals surface area contributed by atoms with Crippen LogP contribution < -0.4 is 14.8 Å². The second kappa shape index (κ2) is 18.6. The fourth-order valence-corrected chi connectivity index (χ4v) is 7.41. The number of methoxy groups -OCH3 is 2. The summed E-state index contributed by atoms with van der Waals surface area (Å²) in [5, 5.41) is 4.08. The average Bonchev–Trinajstić information content (AvgIpc) is 3.10. The third-order valence-corrected chi connectivity index (χ3v) is 9.34. The average molecular weight is 739 g/mol. The molecule has 0 amide bonds. The maximum atomic E-state index is 9.19. The van der Waals surface area contributed by atoms with Crippen LogP contribution in [0.4, 0.5) is 0 Å². The maximum Gasteiger partial charge on any atom is 0.261 e. The van der Waals surface area contributed by atoms with Crippen LogP contribution in [0.2, 0.25) is 0 Å². The molecular formula is C39H50N2O8S2. The highest BCUT2D eigenvalue weighted by Gasteiger charge is 2.50. The van der Waals surface area contributed by atoms with Crippen LogP contribution in [-0.4, -0.2) is 82.2 Å². The van der Waals surface area contributed by atoms with Crippen molar-refractivity contribution in [3.05, 3.63) is 131 Å². The van der Waals surface area contributed by atoms with E-state index < -0.39 is 20.2 Å². The highest BCUT2D eigenvalue weighted by Crippen LogP contribution is 2.45. The molecule has 7 rings (SSSR count). The van der Waals surface area contributed by atoms with Gasteiger partial charge in [-0.05, 0) is 73.0 Å². The van der Waals surface area contributed by atoms with E-state index in [0.717, 1.165) is 36.6 Å². The quantitative estimate of drug-likeness (QED) is 0.155. The van der Waals surface area contributed by atoms with Gasteiger partial charge >= 0.3 is 0 Å². The Bertz CT molecular complexity index is 1780. The van der Waals surface area contributed by atoms with Gasteiger partial charge in [0.1, 0.15) is 11.5 Å². The Morgan fingerprint density at radius 2 is 1.31 bits per heavy atom. The summed E-state index contributed by atoms with van der Waals surface area (Å²) >= 11 is 0. The van der Waals surface area contributed by atoms with Crippen molar-refractivity contribution in [1.29, 1.82) is 0 Å². The number of hydrogen-bond acceptors (Lipinski definition) is 8. The first-order chi connectivity index (χ1) is 24.2. The van der Waals surface area contributed by atoms with Crippen LogP contribution in [0.25, 0.3) is 0 Å². The molecule has 3 N–H and O–H groups in total. The summed E-state index contributed by atoms with van der Waals surface area (Å²) < 4.78 is 63.0. The number of benzene rings is 4. The molecule has 4 aromatic carbocycles. The van der Waals surface area contributed by atoms with E-state index in [1.165, 1.54) is 36.0 Å². The molecule has 0 aliphatic carbocycles. The first-order valence-electron chi connectivity index (χ1n) is 16.9. The smallest absolute Gasteiger partial charge is 0.261 e. The molecular weight excluding hydrogens is 689 g/mol. The molecule has 10 nitrogen and oxygen atoms in total. The molecule has 51 heavy (non-hydrogen) atoms. The van der Waals surface area contributed by atoms with Crippen LogP contribution >= 0.6 is 0 Å². The van der Waals surface area contributed by atoms with Crippen LogP contribution in [0, 0.1) is 5.92 Å². The summed E-state index contributed by atoms with van der Waals surface area (Å²) in [4.78, 5) is 2.87. The van der Waals surface area contributed by atoms with Crippen molar-refractivity contribution in [2.75, 3.05) is 33.3 Å². The van der Waals surface area contributed by atoms with Gasteiger partial charge in [0.05, 0.1) is 26.7 Å². The SMILES string of the molecule is COc1ccc(OC)c(CN[C@@H]2[C@@H]3CCN([C@@H](CCc4ccccc4)C3)[C@@H]2C(c2ccccc2)c2ccccc2)c1.CS(=O)(=O)O.CS(=O)(=O)O. The third kappa shape index (κ3) is 12.7. The van der Waals surface area contributed by atoms with Gasteiger partial charge in [-0.2, -0.15) is 16.8 Å². The molecule has 0 radical (unpaired) electrons. The number of rotatable bonds is 11. The molecule has 3 heterocycles. The molecule has 2 bridgehead atoms. The molecule has 12 heteroatoms. The van der Waals surface area contributed by atoms with Crippen LogP contribution in [-0.2, 0) is 33.2 Å². The van der Waals surface area contributed by atoms with Crippen LogP contribution in [0.3, 0.4) is 0 Å². The molecule has 0 spiro atoms. The second-order valence-electron chi connectivity index (χ2n) is 13.0. The minimum absolute atomic E-state index is 0.282. The fourth-order valence-electron chi connectivity index (χ4n) is 7.41. The molecule has 3 saturated heterocycles. The van der Waals surface area contributed by atoms with E-state index in [0.29, 0.717) is 36.6 Å². The molecule has 3 aliphatic heterocycles. The molecule has 3 fully saturated rings. The molecule has 4 aromatic rings. The lowest BCUT2D eigenvalue weighted by Crippen LogP contribution is -2.67. The van der Waals surface area contributed by atoms with Crippen molar-refractivity contribution in [3.63, 3.8) is 0 Å². The largest absolute Gasteiger partial charge is 0.497 e. The number of nitrogens with one attached hydrogen (secondary N) is 1. The van der Waals surface area contributed by atoms with E-state index in [9.17, 15) is 16.8 Å². The van der Waals surface area contributed by atoms with Gasteiger partial charge in [-0.25, -0.2) is 0 Å². The second-order valence-corrected chi connectivity index (χ2v) is 16.0. The summed E-state index contributed by atoms with van der Waals surface area (Å²) in [7, 11) is -3.86. The zero-order valence-electron chi connectivity index (χ0n) is 29.6. The molecule has 276 valence electrons. The third-order valence-electron chi connectivity index (χ3n) is 9.34. The minimum Gasteiger partial charge on any atom is -0.497 e. The number of aryl methyl sites for hydroxylation is 1. The van der Waals surface area contributed by atoms with Gasteiger partial charge in [-0.15, -0.1) is 0 Å². The first kappa shape index (κ1) is 40.0. The Morgan fingerprint density at radius 3 is 1.82 bits per heavy atom. The van der Waals surface area contributed by atoms with Gasteiger partial charge < -0.3 is 14.8 Å². The van der Waals surface area contributed by atoms with Crippen LogP contribution in [0.1, 0.15) is 47.4 Å². The highest BCUT2D eigenvalue weighted by atomic mass is 32.2. The zero-order chi connectivity index (χ0) is 37.0. The van der Waals surface area contributed by atoms with Gasteiger partial charge in [0, 0.05) is 36.2 Å². The van der Waals surface area contributed by atoms with Crippen molar-refractivity contribution >= 4 is 20.2 Å². The minimum atomic E-state index is -3.67. The molecule has 3 aliphatic rings. The molecule has 1 unspecified atom stereocenters. The fraction of sp³-hybridized carbons (Fsp3) is 0.385. The summed E-state index contributed by atoms with van der Waals surface area (Å²) in [5.74, 6) is 2.67. The number of piperidine rings is 3. The van der Waals surface area contributed by atoms with Gasteiger partial charge in [0.2, 0.25) is 0 Å².